The molecule has 0 N–H and O–H groups in total. The predicted molar refractivity (Wildman–Crippen MR) is 97.4 cm³/mol. The van der Waals surface area contributed by atoms with E-state index in [9.17, 15) is 4.79 Å². The molecule has 0 aliphatic rings. The zero-order valence-corrected chi connectivity index (χ0v) is 15.3. The van der Waals surface area contributed by atoms with Gasteiger partial charge in [-0.2, -0.15) is 0 Å². The lowest BCUT2D eigenvalue weighted by atomic mass is 10.1. The highest BCUT2D eigenvalue weighted by Gasteiger charge is 2.16. The minimum atomic E-state index is -0.766. The van der Waals surface area contributed by atoms with E-state index in [0.717, 1.165) is 22.3 Å². The van der Waals surface area contributed by atoms with Crippen molar-refractivity contribution in [2.45, 2.75) is 38.4 Å². The molecule has 0 spiro atoms. The number of halogens is 2. The fraction of sp³-hybridized carbons (Fsp3) is 0.316. The van der Waals surface area contributed by atoms with Crippen LogP contribution in [0.4, 0.5) is 4.79 Å². The summed E-state index contributed by atoms with van der Waals surface area (Å²) in [6.07, 6.45) is 0.666. The van der Waals surface area contributed by atoms with E-state index >= 15 is 0 Å². The van der Waals surface area contributed by atoms with E-state index in [4.69, 9.17) is 32.7 Å². The van der Waals surface area contributed by atoms with E-state index in [1.807, 2.05) is 38.1 Å². The fourth-order valence-corrected chi connectivity index (χ4v) is 3.17. The number of ether oxygens (including phenoxy) is 2. The molecular weight excluding hydrogens is 347 g/mol. The van der Waals surface area contributed by atoms with Crippen molar-refractivity contribution in [1.29, 1.82) is 0 Å². The average Bonchev–Trinajstić information content (AvgIpc) is 2.60. The van der Waals surface area contributed by atoms with Crippen LogP contribution in [0.15, 0.2) is 36.4 Å². The number of hydrogen-bond donors (Lipinski definition) is 0. The van der Waals surface area contributed by atoms with Gasteiger partial charge in [0.15, 0.2) is 0 Å². The van der Waals surface area contributed by atoms with Crippen LogP contribution in [0.5, 0.6) is 11.5 Å². The zero-order valence-electron chi connectivity index (χ0n) is 13.8. The monoisotopic (exact) mass is 366 g/mol. The van der Waals surface area contributed by atoms with E-state index in [2.05, 4.69) is 0 Å². The van der Waals surface area contributed by atoms with Gasteiger partial charge in [0.1, 0.15) is 11.5 Å². The molecule has 0 radical (unpaired) electrons. The quantitative estimate of drug-likeness (QED) is 0.364. The van der Waals surface area contributed by atoms with Crippen molar-refractivity contribution in [2.24, 2.45) is 0 Å². The molecule has 2 rings (SSSR count). The lowest BCUT2D eigenvalue weighted by Crippen LogP contribution is -2.16. The zero-order chi connectivity index (χ0) is 17.5. The van der Waals surface area contributed by atoms with Crippen LogP contribution < -0.4 is 9.47 Å². The number of benzene rings is 2. The predicted octanol–water partition coefficient (Wildman–Crippen LogP) is 5.87. The Balaban J connectivity index is 2.21. The van der Waals surface area contributed by atoms with Gasteiger partial charge >= 0.3 is 6.16 Å². The van der Waals surface area contributed by atoms with E-state index in [-0.39, 0.29) is 0 Å². The molecule has 2 aromatic rings. The Morgan fingerprint density at radius 3 is 1.58 bits per heavy atom. The van der Waals surface area contributed by atoms with Crippen LogP contribution in [0.1, 0.15) is 36.1 Å². The van der Waals surface area contributed by atoms with Crippen LogP contribution >= 0.6 is 23.2 Å². The molecule has 128 valence electrons. The van der Waals surface area contributed by atoms with Crippen LogP contribution in [-0.2, 0) is 24.6 Å². The Hall–Kier alpha value is -1.71. The molecule has 0 aromatic heterocycles. The summed E-state index contributed by atoms with van der Waals surface area (Å²) in [6, 6.07) is 10.9. The number of rotatable bonds is 6. The maximum Gasteiger partial charge on any atom is 0.519 e. The fourth-order valence-electron chi connectivity index (χ4n) is 2.67. The molecule has 0 fully saturated rings. The third-order valence-electron chi connectivity index (χ3n) is 3.84. The highest BCUT2D eigenvalue weighted by molar-refractivity contribution is 6.17. The summed E-state index contributed by atoms with van der Waals surface area (Å²) in [6.45, 7) is 3.98. The second-order valence-corrected chi connectivity index (χ2v) is 5.75. The highest BCUT2D eigenvalue weighted by Crippen LogP contribution is 2.27. The van der Waals surface area contributed by atoms with Crippen LogP contribution in [-0.4, -0.2) is 6.16 Å². The van der Waals surface area contributed by atoms with Crippen LogP contribution in [0.25, 0.3) is 0 Å². The Morgan fingerprint density at radius 1 is 0.833 bits per heavy atom. The summed E-state index contributed by atoms with van der Waals surface area (Å²) >= 11 is 11.9. The van der Waals surface area contributed by atoms with Gasteiger partial charge < -0.3 is 9.47 Å². The molecule has 0 aliphatic heterocycles. The van der Waals surface area contributed by atoms with Crippen molar-refractivity contribution in [3.63, 3.8) is 0 Å². The molecular formula is C19H20Cl2O3. The molecule has 0 aliphatic carbocycles. The van der Waals surface area contributed by atoms with Gasteiger partial charge in [0, 0.05) is 11.8 Å². The van der Waals surface area contributed by atoms with Gasteiger partial charge in [-0.25, -0.2) is 4.79 Å². The average molecular weight is 367 g/mol. The number of alkyl halides is 2. The lowest BCUT2D eigenvalue weighted by molar-refractivity contribution is 0.151. The molecule has 3 nitrogen and oxygen atoms in total. The summed E-state index contributed by atoms with van der Waals surface area (Å²) < 4.78 is 10.8. The lowest BCUT2D eigenvalue weighted by Gasteiger charge is -2.14. The van der Waals surface area contributed by atoms with Crippen LogP contribution in [0, 0.1) is 0 Å². The van der Waals surface area contributed by atoms with Gasteiger partial charge in [-0.3, -0.25) is 0 Å². The summed E-state index contributed by atoms with van der Waals surface area (Å²) in [5, 5.41) is 0. The maximum atomic E-state index is 12.2. The molecule has 2 aromatic carbocycles. The summed E-state index contributed by atoms with van der Waals surface area (Å²) in [4.78, 5) is 12.2. The Morgan fingerprint density at radius 2 is 1.25 bits per heavy atom. The van der Waals surface area contributed by atoms with E-state index in [1.54, 1.807) is 12.1 Å². The molecule has 0 atom stereocenters. The summed E-state index contributed by atoms with van der Waals surface area (Å²) in [5.41, 5.74) is 3.72. The molecule has 0 heterocycles. The van der Waals surface area contributed by atoms with Crippen LogP contribution in [0.3, 0.4) is 0 Å². The topological polar surface area (TPSA) is 35.5 Å². The third kappa shape index (κ3) is 4.22. The van der Waals surface area contributed by atoms with E-state index in [0.29, 0.717) is 36.1 Å². The number of carbonyl (C=O) groups excluding carboxylic acids is 1. The Labute approximate surface area is 152 Å². The second kappa shape index (κ2) is 8.95. The first-order valence-corrected chi connectivity index (χ1v) is 8.94. The summed E-state index contributed by atoms with van der Waals surface area (Å²) in [5.74, 6) is 1.69. The number of hydrogen-bond acceptors (Lipinski definition) is 3. The minimum absolute atomic E-state index is 0.368. The van der Waals surface area contributed by atoms with Crippen molar-refractivity contribution < 1.29 is 14.3 Å². The smallest absolute Gasteiger partial charge is 0.394 e. The molecule has 0 saturated heterocycles. The molecule has 0 unspecified atom stereocenters. The van der Waals surface area contributed by atoms with Crippen molar-refractivity contribution in [1.82, 2.24) is 0 Å². The van der Waals surface area contributed by atoms with Crippen molar-refractivity contribution >= 4 is 29.4 Å². The second-order valence-electron chi connectivity index (χ2n) is 5.22. The van der Waals surface area contributed by atoms with Crippen molar-refractivity contribution in [3.8, 4) is 11.5 Å². The van der Waals surface area contributed by atoms with Gasteiger partial charge in [-0.05, 0) is 47.2 Å². The molecule has 24 heavy (non-hydrogen) atoms. The van der Waals surface area contributed by atoms with Gasteiger partial charge in [0.25, 0.3) is 0 Å². The Bertz CT molecular complexity index is 654. The van der Waals surface area contributed by atoms with E-state index in [1.165, 1.54) is 0 Å². The maximum absolute atomic E-state index is 12.2. The molecule has 0 saturated carbocycles. The highest BCUT2D eigenvalue weighted by atomic mass is 35.5. The minimum Gasteiger partial charge on any atom is -0.394 e. The normalized spacial score (nSPS) is 10.5. The first kappa shape index (κ1) is 18.6. The van der Waals surface area contributed by atoms with Crippen LogP contribution in [0.2, 0.25) is 0 Å². The SMILES string of the molecule is CCc1c(CCl)cccc1OC(=O)Oc1cccc(CCl)c1CC. The summed E-state index contributed by atoms with van der Waals surface area (Å²) in [7, 11) is 0. The van der Waals surface area contributed by atoms with E-state index < -0.39 is 6.16 Å². The standard InChI is InChI=1S/C19H20Cl2O3/c1-3-15-13(11-20)7-5-9-17(15)23-19(22)24-18-10-6-8-14(12-21)16(18)4-2/h5-10H,3-4,11-12H2,1-2H3. The Kier molecular flexibility index (Phi) is 6.95. The molecule has 5 heteroatoms. The van der Waals surface area contributed by atoms with Gasteiger partial charge in [-0.1, -0.05) is 38.1 Å². The van der Waals surface area contributed by atoms with Gasteiger partial charge in [0.2, 0.25) is 0 Å². The van der Waals surface area contributed by atoms with Gasteiger partial charge in [0.05, 0.1) is 0 Å². The van der Waals surface area contributed by atoms with Gasteiger partial charge in [-0.15, -0.1) is 23.2 Å². The third-order valence-corrected chi connectivity index (χ3v) is 4.42. The number of carbonyl (C=O) groups is 1. The molecule has 0 amide bonds. The largest absolute Gasteiger partial charge is 0.519 e. The van der Waals surface area contributed by atoms with Crippen molar-refractivity contribution in [2.75, 3.05) is 0 Å². The van der Waals surface area contributed by atoms with Crippen molar-refractivity contribution in [3.05, 3.63) is 58.7 Å². The first-order chi connectivity index (χ1) is 11.6. The molecule has 0 bridgehead atoms. The first-order valence-electron chi connectivity index (χ1n) is 7.87.